The summed E-state index contributed by atoms with van der Waals surface area (Å²) in [5.74, 6) is -0.0181. The lowest BCUT2D eigenvalue weighted by Gasteiger charge is -2.16. The molecule has 0 radical (unpaired) electrons. The molecule has 0 heterocycles. The van der Waals surface area contributed by atoms with E-state index in [0.717, 1.165) is 5.56 Å². The molecule has 1 rings (SSSR count). The molecule has 0 amide bonds. The number of hydrogen-bond acceptors (Lipinski definition) is 3. The number of nitrogens with two attached hydrogens (primary N) is 1. The van der Waals surface area contributed by atoms with Gasteiger partial charge in [-0.1, -0.05) is 12.1 Å². The molecule has 5 heteroatoms. The quantitative estimate of drug-likeness (QED) is 0.460. The summed E-state index contributed by atoms with van der Waals surface area (Å²) in [7, 11) is 0. The highest BCUT2D eigenvalue weighted by molar-refractivity contribution is 5.83. The van der Waals surface area contributed by atoms with Crippen molar-refractivity contribution in [3.63, 3.8) is 0 Å². The van der Waals surface area contributed by atoms with Crippen LogP contribution in [-0.2, 0) is 16.0 Å². The second-order valence-corrected chi connectivity index (χ2v) is 3.61. The van der Waals surface area contributed by atoms with Crippen LogP contribution < -0.4 is 5.73 Å². The van der Waals surface area contributed by atoms with Gasteiger partial charge in [-0.25, -0.2) is 4.39 Å². The monoisotopic (exact) mass is 254 g/mol. The van der Waals surface area contributed by atoms with E-state index in [2.05, 4.69) is 4.99 Å². The summed E-state index contributed by atoms with van der Waals surface area (Å²) in [6.45, 7) is 4.99. The van der Waals surface area contributed by atoms with Crippen LogP contribution in [-0.4, -0.2) is 25.3 Å². The van der Waals surface area contributed by atoms with E-state index in [1.165, 1.54) is 12.1 Å². The Labute approximate surface area is 107 Å². The smallest absolute Gasteiger partial charge is 0.216 e. The van der Waals surface area contributed by atoms with Crippen LogP contribution in [0.3, 0.4) is 0 Å². The minimum absolute atomic E-state index is 0.267. The topological polar surface area (TPSA) is 56.8 Å². The Morgan fingerprint density at radius 1 is 1.33 bits per heavy atom. The summed E-state index contributed by atoms with van der Waals surface area (Å²) in [6.07, 6.45) is -0.631. The number of rotatable bonds is 7. The lowest BCUT2D eigenvalue weighted by atomic mass is 10.2. The van der Waals surface area contributed by atoms with E-state index in [4.69, 9.17) is 15.2 Å². The maximum Gasteiger partial charge on any atom is 0.216 e. The maximum absolute atomic E-state index is 13.0. The first-order valence-corrected chi connectivity index (χ1v) is 5.94. The fraction of sp³-hybridized carbons (Fsp3) is 0.462. The summed E-state index contributed by atoms with van der Waals surface area (Å²) in [4.78, 5) is 4.15. The largest absolute Gasteiger partial charge is 0.383 e. The number of halogens is 1. The molecular weight excluding hydrogens is 235 g/mol. The fourth-order valence-corrected chi connectivity index (χ4v) is 1.41. The highest BCUT2D eigenvalue weighted by Crippen LogP contribution is 2.05. The van der Waals surface area contributed by atoms with E-state index < -0.39 is 6.29 Å². The number of aliphatic imine (C=N–C) groups is 1. The van der Waals surface area contributed by atoms with E-state index in [-0.39, 0.29) is 11.7 Å². The first kappa shape index (κ1) is 14.6. The van der Waals surface area contributed by atoms with Gasteiger partial charge in [0.05, 0.1) is 6.54 Å². The SMILES string of the molecule is CCOC(OCC)C(N)=NCc1cccc(F)c1. The van der Waals surface area contributed by atoms with Crippen LogP contribution in [0.5, 0.6) is 0 Å². The van der Waals surface area contributed by atoms with Crippen LogP contribution in [0.4, 0.5) is 4.39 Å². The minimum atomic E-state index is -0.631. The number of nitrogens with zero attached hydrogens (tertiary/aromatic N) is 1. The minimum Gasteiger partial charge on any atom is -0.383 e. The fourth-order valence-electron chi connectivity index (χ4n) is 1.41. The first-order valence-electron chi connectivity index (χ1n) is 5.94. The van der Waals surface area contributed by atoms with Gasteiger partial charge in [0, 0.05) is 13.2 Å². The molecule has 0 atom stereocenters. The molecule has 0 fully saturated rings. The Bertz CT molecular complexity index is 390. The van der Waals surface area contributed by atoms with Crippen molar-refractivity contribution in [2.75, 3.05) is 13.2 Å². The van der Waals surface area contributed by atoms with E-state index >= 15 is 0 Å². The molecule has 0 aliphatic rings. The summed E-state index contributed by atoms with van der Waals surface area (Å²) in [5.41, 5.74) is 6.54. The molecule has 0 aliphatic carbocycles. The Hall–Kier alpha value is -1.46. The first-order chi connectivity index (χ1) is 8.67. The third-order valence-corrected chi connectivity index (χ3v) is 2.21. The third kappa shape index (κ3) is 4.81. The Balaban J connectivity index is 2.63. The van der Waals surface area contributed by atoms with E-state index in [1.54, 1.807) is 12.1 Å². The molecule has 2 N–H and O–H groups in total. The van der Waals surface area contributed by atoms with Gasteiger partial charge in [0.15, 0.2) is 5.84 Å². The summed E-state index contributed by atoms with van der Waals surface area (Å²) in [6, 6.07) is 6.24. The van der Waals surface area contributed by atoms with Gasteiger partial charge in [-0.3, -0.25) is 4.99 Å². The molecule has 18 heavy (non-hydrogen) atoms. The summed E-state index contributed by atoms with van der Waals surface area (Å²) >= 11 is 0. The molecule has 0 aromatic heterocycles. The Kier molecular flexibility index (Phi) is 6.32. The Morgan fingerprint density at radius 2 is 2.00 bits per heavy atom. The van der Waals surface area contributed by atoms with Gasteiger partial charge in [0.1, 0.15) is 5.82 Å². The summed E-state index contributed by atoms with van der Waals surface area (Å²) < 4.78 is 23.6. The molecule has 0 aliphatic heterocycles. The molecular formula is C13H19FN2O2. The lowest BCUT2D eigenvalue weighted by Crippen LogP contribution is -2.34. The predicted molar refractivity (Wildman–Crippen MR) is 68.8 cm³/mol. The summed E-state index contributed by atoms with van der Waals surface area (Å²) in [5, 5.41) is 0. The van der Waals surface area contributed by atoms with Gasteiger partial charge in [0.2, 0.25) is 6.29 Å². The second kappa shape index (κ2) is 7.79. The van der Waals surface area contributed by atoms with Gasteiger partial charge >= 0.3 is 0 Å². The maximum atomic E-state index is 13.0. The Morgan fingerprint density at radius 3 is 2.56 bits per heavy atom. The number of ether oxygens (including phenoxy) is 2. The van der Waals surface area contributed by atoms with E-state index in [1.807, 2.05) is 13.8 Å². The van der Waals surface area contributed by atoms with Crippen molar-refractivity contribution in [3.8, 4) is 0 Å². The van der Waals surface area contributed by atoms with Gasteiger partial charge in [0.25, 0.3) is 0 Å². The average molecular weight is 254 g/mol. The number of amidine groups is 1. The molecule has 0 spiro atoms. The van der Waals surface area contributed by atoms with Crippen molar-refractivity contribution in [2.45, 2.75) is 26.7 Å². The molecule has 0 bridgehead atoms. The van der Waals surface area contributed by atoms with Crippen LogP contribution in [0, 0.1) is 5.82 Å². The molecule has 100 valence electrons. The molecule has 4 nitrogen and oxygen atoms in total. The van der Waals surface area contributed by atoms with Crippen LogP contribution >= 0.6 is 0 Å². The lowest BCUT2D eigenvalue weighted by molar-refractivity contribution is -0.0907. The predicted octanol–water partition coefficient (Wildman–Crippen LogP) is 2.08. The number of benzene rings is 1. The van der Waals surface area contributed by atoms with Gasteiger partial charge < -0.3 is 15.2 Å². The van der Waals surface area contributed by atoms with E-state index in [0.29, 0.717) is 19.8 Å². The van der Waals surface area contributed by atoms with Crippen molar-refractivity contribution >= 4 is 5.84 Å². The van der Waals surface area contributed by atoms with Crippen molar-refractivity contribution in [1.29, 1.82) is 0 Å². The van der Waals surface area contributed by atoms with Crippen LogP contribution in [0.15, 0.2) is 29.3 Å². The standard InChI is InChI=1S/C13H19FN2O2/c1-3-17-13(18-4-2)12(15)16-9-10-6-5-7-11(14)8-10/h5-8,13H,3-4,9H2,1-2H3,(H2,15,16). The van der Waals surface area contributed by atoms with E-state index in [9.17, 15) is 4.39 Å². The highest BCUT2D eigenvalue weighted by Gasteiger charge is 2.12. The molecule has 1 aromatic rings. The van der Waals surface area contributed by atoms with Gasteiger partial charge in [-0.15, -0.1) is 0 Å². The number of hydrogen-bond donors (Lipinski definition) is 1. The zero-order valence-electron chi connectivity index (χ0n) is 10.7. The molecule has 0 unspecified atom stereocenters. The van der Waals surface area contributed by atoms with Crippen LogP contribution in [0.2, 0.25) is 0 Å². The average Bonchev–Trinajstić information content (AvgIpc) is 2.36. The third-order valence-electron chi connectivity index (χ3n) is 2.21. The van der Waals surface area contributed by atoms with Crippen LogP contribution in [0.1, 0.15) is 19.4 Å². The van der Waals surface area contributed by atoms with Gasteiger partial charge in [-0.2, -0.15) is 0 Å². The van der Waals surface area contributed by atoms with Crippen molar-refractivity contribution in [3.05, 3.63) is 35.6 Å². The molecule has 0 saturated carbocycles. The van der Waals surface area contributed by atoms with Crippen molar-refractivity contribution in [1.82, 2.24) is 0 Å². The molecule has 0 saturated heterocycles. The second-order valence-electron chi connectivity index (χ2n) is 3.61. The van der Waals surface area contributed by atoms with Crippen molar-refractivity contribution in [2.24, 2.45) is 10.7 Å². The molecule has 1 aromatic carbocycles. The highest BCUT2D eigenvalue weighted by atomic mass is 19.1. The van der Waals surface area contributed by atoms with Crippen LogP contribution in [0.25, 0.3) is 0 Å². The van der Waals surface area contributed by atoms with Crippen molar-refractivity contribution < 1.29 is 13.9 Å². The normalized spacial score (nSPS) is 12.1. The zero-order chi connectivity index (χ0) is 13.4. The van der Waals surface area contributed by atoms with Gasteiger partial charge in [-0.05, 0) is 31.5 Å². The zero-order valence-corrected chi connectivity index (χ0v) is 10.7.